The normalized spacial score (nSPS) is 11.6. The number of nitrogens with one attached hydrogen (secondary N) is 1. The van der Waals surface area contributed by atoms with Crippen molar-refractivity contribution in [1.82, 2.24) is 4.72 Å². The summed E-state index contributed by atoms with van der Waals surface area (Å²) in [5.41, 5.74) is 2.30. The zero-order valence-electron chi connectivity index (χ0n) is 14.8. The Balaban J connectivity index is 1.93. The van der Waals surface area contributed by atoms with Gasteiger partial charge >= 0.3 is 0 Å². The average molecular weight is 434 g/mol. The molecule has 0 aliphatic carbocycles. The number of ether oxygens (including phenoxy) is 1. The van der Waals surface area contributed by atoms with Crippen LogP contribution in [0.4, 0.5) is 0 Å². The number of halogens is 2. The fourth-order valence-corrected chi connectivity index (χ4v) is 5.62. The fraction of sp³-hybridized carbons (Fsp3) is 0.333. The Morgan fingerprint density at radius 2 is 1.77 bits per heavy atom. The molecule has 0 saturated heterocycles. The quantitative estimate of drug-likeness (QED) is 0.605. The van der Waals surface area contributed by atoms with Crippen molar-refractivity contribution < 1.29 is 13.2 Å². The van der Waals surface area contributed by atoms with Crippen molar-refractivity contribution in [2.24, 2.45) is 0 Å². The maximum absolute atomic E-state index is 12.6. The summed E-state index contributed by atoms with van der Waals surface area (Å²) in [5, 5.41) is 1.22. The Labute approximate surface area is 169 Å². The first kappa shape index (κ1) is 21.4. The molecule has 0 saturated carbocycles. The molecule has 0 aliphatic heterocycles. The van der Waals surface area contributed by atoms with Gasteiger partial charge in [-0.2, -0.15) is 11.8 Å². The first-order valence-electron chi connectivity index (χ1n) is 7.91. The molecule has 0 amide bonds. The van der Waals surface area contributed by atoms with Crippen LogP contribution in [-0.4, -0.2) is 27.8 Å². The van der Waals surface area contributed by atoms with Gasteiger partial charge in [-0.15, -0.1) is 0 Å². The minimum atomic E-state index is -3.57. The molecule has 0 aliphatic rings. The van der Waals surface area contributed by atoms with Crippen molar-refractivity contribution >= 4 is 45.0 Å². The minimum Gasteiger partial charge on any atom is -0.497 e. The SMILES string of the molecule is COc1cc(C)c(S(=O)(=O)NCCSCc2ccc(Cl)cc2Cl)c(C)c1. The fourth-order valence-electron chi connectivity index (χ4n) is 2.59. The molecule has 2 aromatic carbocycles. The van der Waals surface area contributed by atoms with E-state index in [0.29, 0.717) is 49.9 Å². The summed E-state index contributed by atoms with van der Waals surface area (Å²) < 4.78 is 33.0. The van der Waals surface area contributed by atoms with E-state index in [0.717, 1.165) is 5.56 Å². The van der Waals surface area contributed by atoms with Crippen LogP contribution in [0.15, 0.2) is 35.2 Å². The van der Waals surface area contributed by atoms with Crippen molar-refractivity contribution in [3.05, 3.63) is 57.1 Å². The number of sulfonamides is 1. The Bertz CT molecular complexity index is 863. The number of aryl methyl sites for hydroxylation is 2. The van der Waals surface area contributed by atoms with Crippen LogP contribution in [0, 0.1) is 13.8 Å². The van der Waals surface area contributed by atoms with Gasteiger partial charge < -0.3 is 4.74 Å². The smallest absolute Gasteiger partial charge is 0.241 e. The van der Waals surface area contributed by atoms with Gasteiger partial charge in [-0.1, -0.05) is 29.3 Å². The number of rotatable bonds is 8. The van der Waals surface area contributed by atoms with Gasteiger partial charge in [0, 0.05) is 28.1 Å². The summed E-state index contributed by atoms with van der Waals surface area (Å²) in [7, 11) is -2.01. The monoisotopic (exact) mass is 433 g/mol. The molecule has 0 radical (unpaired) electrons. The van der Waals surface area contributed by atoms with Crippen molar-refractivity contribution in [1.29, 1.82) is 0 Å². The molecular formula is C18H21Cl2NO3S2. The highest BCUT2D eigenvalue weighted by atomic mass is 35.5. The number of hydrogen-bond acceptors (Lipinski definition) is 4. The molecule has 142 valence electrons. The lowest BCUT2D eigenvalue weighted by molar-refractivity contribution is 0.413. The van der Waals surface area contributed by atoms with Crippen molar-refractivity contribution in [3.63, 3.8) is 0 Å². The first-order valence-corrected chi connectivity index (χ1v) is 11.3. The van der Waals surface area contributed by atoms with E-state index in [2.05, 4.69) is 4.72 Å². The highest BCUT2D eigenvalue weighted by molar-refractivity contribution is 7.98. The summed E-state index contributed by atoms with van der Waals surface area (Å²) in [4.78, 5) is 0.309. The summed E-state index contributed by atoms with van der Waals surface area (Å²) in [5.74, 6) is 1.97. The second-order valence-corrected chi connectivity index (χ2v) is 9.43. The molecule has 0 atom stereocenters. The predicted molar refractivity (Wildman–Crippen MR) is 110 cm³/mol. The van der Waals surface area contributed by atoms with Crippen LogP contribution in [0.25, 0.3) is 0 Å². The molecule has 2 rings (SSSR count). The molecule has 0 bridgehead atoms. The number of benzene rings is 2. The molecule has 0 unspecified atom stereocenters. The van der Waals surface area contributed by atoms with E-state index < -0.39 is 10.0 Å². The number of thioether (sulfide) groups is 1. The van der Waals surface area contributed by atoms with Gasteiger partial charge in [0.25, 0.3) is 0 Å². The van der Waals surface area contributed by atoms with E-state index in [9.17, 15) is 8.42 Å². The van der Waals surface area contributed by atoms with Crippen molar-refractivity contribution in [2.45, 2.75) is 24.5 Å². The second kappa shape index (κ2) is 9.33. The van der Waals surface area contributed by atoms with E-state index >= 15 is 0 Å². The van der Waals surface area contributed by atoms with Gasteiger partial charge in [-0.25, -0.2) is 13.1 Å². The third kappa shape index (κ3) is 5.54. The van der Waals surface area contributed by atoms with E-state index in [1.165, 1.54) is 0 Å². The molecule has 0 heterocycles. The number of methoxy groups -OCH3 is 1. The van der Waals surface area contributed by atoms with Crippen LogP contribution in [0.2, 0.25) is 10.0 Å². The topological polar surface area (TPSA) is 55.4 Å². The Morgan fingerprint density at radius 1 is 1.12 bits per heavy atom. The standard InChI is InChI=1S/C18H21Cl2NO3S2/c1-12-8-16(24-3)9-13(2)18(12)26(22,23)21-6-7-25-11-14-4-5-15(19)10-17(14)20/h4-5,8-10,21H,6-7,11H2,1-3H3. The molecule has 0 fully saturated rings. The summed E-state index contributed by atoms with van der Waals surface area (Å²) in [6, 6.07) is 8.82. The summed E-state index contributed by atoms with van der Waals surface area (Å²) in [6.45, 7) is 3.87. The molecule has 0 aromatic heterocycles. The molecule has 26 heavy (non-hydrogen) atoms. The molecule has 0 spiro atoms. The lowest BCUT2D eigenvalue weighted by Crippen LogP contribution is -2.27. The van der Waals surface area contributed by atoms with Gasteiger partial charge in [0.15, 0.2) is 0 Å². The molecule has 2 aromatic rings. The summed E-state index contributed by atoms with van der Waals surface area (Å²) in [6.07, 6.45) is 0. The maximum atomic E-state index is 12.6. The second-order valence-electron chi connectivity index (χ2n) is 5.78. The molecule has 4 nitrogen and oxygen atoms in total. The van der Waals surface area contributed by atoms with Gasteiger partial charge in [0.2, 0.25) is 10.0 Å². The lowest BCUT2D eigenvalue weighted by Gasteiger charge is -2.13. The predicted octanol–water partition coefficient (Wildman–Crippen LogP) is 4.83. The van der Waals surface area contributed by atoms with E-state index in [1.807, 2.05) is 6.07 Å². The van der Waals surface area contributed by atoms with Crippen molar-refractivity contribution in [3.8, 4) is 5.75 Å². The zero-order valence-corrected chi connectivity index (χ0v) is 18.0. The van der Waals surface area contributed by atoms with Gasteiger partial charge in [-0.3, -0.25) is 0 Å². The highest BCUT2D eigenvalue weighted by Gasteiger charge is 2.20. The van der Waals surface area contributed by atoms with Crippen LogP contribution in [-0.2, 0) is 15.8 Å². The summed E-state index contributed by atoms with van der Waals surface area (Å²) >= 11 is 13.6. The Kier molecular flexibility index (Phi) is 7.67. The van der Waals surface area contributed by atoms with E-state index in [1.54, 1.807) is 57.0 Å². The van der Waals surface area contributed by atoms with Gasteiger partial charge in [-0.05, 0) is 54.8 Å². The minimum absolute atomic E-state index is 0.309. The van der Waals surface area contributed by atoms with Crippen LogP contribution in [0.5, 0.6) is 5.75 Å². The van der Waals surface area contributed by atoms with Crippen LogP contribution < -0.4 is 9.46 Å². The van der Waals surface area contributed by atoms with Crippen LogP contribution in [0.1, 0.15) is 16.7 Å². The van der Waals surface area contributed by atoms with Gasteiger partial charge in [0.05, 0.1) is 12.0 Å². The van der Waals surface area contributed by atoms with Crippen molar-refractivity contribution in [2.75, 3.05) is 19.4 Å². The Morgan fingerprint density at radius 3 is 2.35 bits per heavy atom. The Hall–Kier alpha value is -0.920. The maximum Gasteiger partial charge on any atom is 0.241 e. The first-order chi connectivity index (χ1) is 12.2. The molecule has 8 heteroatoms. The molecule has 1 N–H and O–H groups in total. The zero-order chi connectivity index (χ0) is 19.3. The van der Waals surface area contributed by atoms with E-state index in [-0.39, 0.29) is 0 Å². The number of hydrogen-bond donors (Lipinski definition) is 1. The average Bonchev–Trinajstić information content (AvgIpc) is 2.55. The van der Waals surface area contributed by atoms with E-state index in [4.69, 9.17) is 27.9 Å². The largest absolute Gasteiger partial charge is 0.497 e. The third-order valence-electron chi connectivity index (χ3n) is 3.75. The highest BCUT2D eigenvalue weighted by Crippen LogP contribution is 2.26. The molecular weight excluding hydrogens is 413 g/mol. The lowest BCUT2D eigenvalue weighted by atomic mass is 10.1. The van der Waals surface area contributed by atoms with Crippen LogP contribution in [0.3, 0.4) is 0 Å². The third-order valence-corrected chi connectivity index (χ3v) is 7.11. The van der Waals surface area contributed by atoms with Gasteiger partial charge in [0.1, 0.15) is 5.75 Å². The van der Waals surface area contributed by atoms with Crippen LogP contribution >= 0.6 is 35.0 Å².